The number of likely N-dealkylation sites (tertiary alicyclic amines) is 1. The van der Waals surface area contributed by atoms with Crippen LogP contribution in [-0.2, 0) is 19.5 Å². The van der Waals surface area contributed by atoms with Gasteiger partial charge in [0.25, 0.3) is 0 Å². The lowest BCUT2D eigenvalue weighted by molar-refractivity contribution is -0.852. The van der Waals surface area contributed by atoms with Gasteiger partial charge >= 0.3 is 5.96 Å². The molecular weight excluding hydrogens is 460 g/mol. The molecule has 8 nitrogen and oxygen atoms in total. The Balaban J connectivity index is 1.42. The molecule has 2 aromatic heterocycles. The number of nitrogens with zero attached hydrogens (tertiary/aromatic N) is 7. The minimum atomic E-state index is 0.309. The van der Waals surface area contributed by atoms with Crippen LogP contribution in [0.25, 0.3) is 11.0 Å². The molecule has 0 saturated carbocycles. The topological polar surface area (TPSA) is 96.1 Å². The summed E-state index contributed by atoms with van der Waals surface area (Å²) >= 11 is 0. The molecule has 2 N–H and O–H groups in total. The van der Waals surface area contributed by atoms with Crippen LogP contribution in [0.3, 0.4) is 0 Å². The molecule has 1 fully saturated rings. The number of nitriles is 1. The van der Waals surface area contributed by atoms with Crippen LogP contribution in [0.1, 0.15) is 62.2 Å². The molecular formula is C29H39N8+. The van der Waals surface area contributed by atoms with Crippen molar-refractivity contribution in [3.05, 3.63) is 59.7 Å². The van der Waals surface area contributed by atoms with E-state index in [1.165, 1.54) is 23.2 Å². The van der Waals surface area contributed by atoms with E-state index in [2.05, 4.69) is 64.8 Å². The fraction of sp³-hybridized carbons (Fsp3) is 0.517. The quantitative estimate of drug-likeness (QED) is 0.225. The predicted octanol–water partition coefficient (Wildman–Crippen LogP) is 4.37. The van der Waals surface area contributed by atoms with Crippen molar-refractivity contribution in [2.45, 2.75) is 64.6 Å². The van der Waals surface area contributed by atoms with Gasteiger partial charge in [-0.05, 0) is 69.3 Å². The summed E-state index contributed by atoms with van der Waals surface area (Å²) in [6.07, 6.45) is 10.5. The highest BCUT2D eigenvalue weighted by Gasteiger charge is 2.39. The number of imidazole rings is 1. The van der Waals surface area contributed by atoms with E-state index in [-0.39, 0.29) is 0 Å². The number of hydrogen-bond donors (Lipinski definition) is 1. The number of nitrogens with two attached hydrogens (primary N) is 1. The molecule has 1 aliphatic carbocycles. The van der Waals surface area contributed by atoms with E-state index in [4.69, 9.17) is 15.7 Å². The monoisotopic (exact) mass is 499 g/mol. The second-order valence-corrected chi connectivity index (χ2v) is 10.9. The third-order valence-electron chi connectivity index (χ3n) is 8.37. The van der Waals surface area contributed by atoms with Crippen LogP contribution in [0.5, 0.6) is 0 Å². The summed E-state index contributed by atoms with van der Waals surface area (Å²) in [5.74, 6) is 2.00. The Morgan fingerprint density at radius 1 is 1.24 bits per heavy atom. The van der Waals surface area contributed by atoms with Gasteiger partial charge < -0.3 is 10.3 Å². The third kappa shape index (κ3) is 5.11. The van der Waals surface area contributed by atoms with Crippen molar-refractivity contribution in [1.82, 2.24) is 19.4 Å². The molecule has 5 rings (SSSR count). The smallest absolute Gasteiger partial charge is 0.310 e. The molecule has 8 heteroatoms. The molecule has 37 heavy (non-hydrogen) atoms. The van der Waals surface area contributed by atoms with Gasteiger partial charge in [-0.2, -0.15) is 5.26 Å². The standard InChI is InChI=1S/C29H39N8/c1-3-16-37(29(31)33-21-30)17-8-9-22(20-37)18-36-25-13-5-4-12-24(25)34-27(36)19-35(2)26-14-6-10-23-11-7-15-32-28(23)26/h4-5,7,11-13,15,22,26H,3,6,8-10,14,16-20H2,1-2H3,(H2,31,33)/q+1/t22-,26+,37?/m1/s1. The summed E-state index contributed by atoms with van der Waals surface area (Å²) in [5, 5.41) is 9.18. The molecule has 2 aliphatic rings. The Bertz CT molecular complexity index is 1300. The Labute approximate surface area is 220 Å². The SMILES string of the molecule is CCC[N+]1(C(N)=NC#N)CCC[C@H](Cn2c(CN(C)[C@H]3CCCc4cccnc43)nc3ccccc32)C1. The second-order valence-electron chi connectivity index (χ2n) is 10.9. The summed E-state index contributed by atoms with van der Waals surface area (Å²) in [4.78, 5) is 16.3. The second kappa shape index (κ2) is 11.0. The Kier molecular flexibility index (Phi) is 7.54. The summed E-state index contributed by atoms with van der Waals surface area (Å²) in [7, 11) is 2.21. The Hall–Kier alpha value is -3.28. The molecule has 0 radical (unpaired) electrons. The number of rotatable bonds is 7. The first kappa shape index (κ1) is 25.4. The van der Waals surface area contributed by atoms with Gasteiger partial charge in [-0.25, -0.2) is 4.98 Å². The molecule has 0 amide bonds. The van der Waals surface area contributed by atoms with Crippen molar-refractivity contribution < 1.29 is 4.48 Å². The molecule has 3 aromatic rings. The lowest BCUT2D eigenvalue weighted by Gasteiger charge is -2.42. The Morgan fingerprint density at radius 2 is 2.11 bits per heavy atom. The number of piperidine rings is 1. The van der Waals surface area contributed by atoms with Gasteiger partial charge in [0.2, 0.25) is 6.19 Å². The molecule has 194 valence electrons. The van der Waals surface area contributed by atoms with Crippen molar-refractivity contribution >= 4 is 17.0 Å². The van der Waals surface area contributed by atoms with Crippen molar-refractivity contribution in [2.24, 2.45) is 16.6 Å². The number of quaternary nitrogens is 1. The van der Waals surface area contributed by atoms with Crippen LogP contribution in [-0.4, -0.2) is 56.6 Å². The average molecular weight is 500 g/mol. The summed E-state index contributed by atoms with van der Waals surface area (Å²) in [6.45, 7) is 6.63. The first-order valence-electron chi connectivity index (χ1n) is 13.7. The van der Waals surface area contributed by atoms with Gasteiger partial charge in [0.1, 0.15) is 5.82 Å². The maximum absolute atomic E-state index is 9.18. The fourth-order valence-corrected chi connectivity index (χ4v) is 6.67. The van der Waals surface area contributed by atoms with E-state index in [1.54, 1.807) is 0 Å². The van der Waals surface area contributed by atoms with E-state index >= 15 is 0 Å². The zero-order chi connectivity index (χ0) is 25.8. The number of guanidine groups is 1. The van der Waals surface area contributed by atoms with E-state index in [0.717, 1.165) is 76.2 Å². The number of para-hydroxylation sites is 2. The van der Waals surface area contributed by atoms with Gasteiger partial charge in [0.15, 0.2) is 0 Å². The highest BCUT2D eigenvalue weighted by molar-refractivity contribution is 5.76. The molecule has 1 aromatic carbocycles. The number of hydrogen-bond acceptors (Lipinski definition) is 5. The van der Waals surface area contributed by atoms with Gasteiger partial charge in [-0.15, -0.1) is 4.99 Å². The van der Waals surface area contributed by atoms with Crippen LogP contribution >= 0.6 is 0 Å². The van der Waals surface area contributed by atoms with Crippen molar-refractivity contribution in [3.63, 3.8) is 0 Å². The van der Waals surface area contributed by atoms with E-state index in [1.807, 2.05) is 12.4 Å². The molecule has 0 spiro atoms. The zero-order valence-corrected chi connectivity index (χ0v) is 22.2. The normalized spacial score (nSPS) is 24.2. The molecule has 3 atom stereocenters. The number of aliphatic imine (C=N–C) groups is 1. The van der Waals surface area contributed by atoms with Crippen LogP contribution in [0.15, 0.2) is 47.6 Å². The minimum Gasteiger partial charge on any atom is -0.337 e. The Morgan fingerprint density at radius 3 is 2.95 bits per heavy atom. The maximum atomic E-state index is 9.18. The number of aryl methyl sites for hydroxylation is 1. The predicted molar refractivity (Wildman–Crippen MR) is 146 cm³/mol. The highest BCUT2D eigenvalue weighted by Crippen LogP contribution is 2.33. The number of aromatic nitrogens is 3. The molecule has 1 saturated heterocycles. The first-order valence-corrected chi connectivity index (χ1v) is 13.7. The van der Waals surface area contributed by atoms with Crippen LogP contribution < -0.4 is 5.73 Å². The number of fused-ring (bicyclic) bond motifs is 2. The van der Waals surface area contributed by atoms with Gasteiger partial charge in [0, 0.05) is 18.7 Å². The molecule has 0 bridgehead atoms. The van der Waals surface area contributed by atoms with Gasteiger partial charge in [-0.3, -0.25) is 14.4 Å². The summed E-state index contributed by atoms with van der Waals surface area (Å²) < 4.78 is 3.06. The van der Waals surface area contributed by atoms with Crippen LogP contribution in [0, 0.1) is 17.4 Å². The van der Waals surface area contributed by atoms with Crippen molar-refractivity contribution in [1.29, 1.82) is 5.26 Å². The third-order valence-corrected chi connectivity index (χ3v) is 8.37. The minimum absolute atomic E-state index is 0.309. The van der Waals surface area contributed by atoms with Gasteiger partial charge in [-0.1, -0.05) is 25.1 Å². The maximum Gasteiger partial charge on any atom is 0.310 e. The summed E-state index contributed by atoms with van der Waals surface area (Å²) in [5.41, 5.74) is 11.2. The lowest BCUT2D eigenvalue weighted by atomic mass is 9.91. The molecule has 3 heterocycles. The summed E-state index contributed by atoms with van der Waals surface area (Å²) in [6, 6.07) is 13.1. The van der Waals surface area contributed by atoms with Gasteiger partial charge in [0.05, 0.1) is 48.9 Å². The zero-order valence-electron chi connectivity index (χ0n) is 22.2. The number of pyridine rings is 1. The largest absolute Gasteiger partial charge is 0.337 e. The van der Waals surface area contributed by atoms with Crippen molar-refractivity contribution in [3.8, 4) is 6.19 Å². The van der Waals surface area contributed by atoms with E-state index in [0.29, 0.717) is 22.4 Å². The van der Waals surface area contributed by atoms with Crippen molar-refractivity contribution in [2.75, 3.05) is 26.7 Å². The first-order chi connectivity index (χ1) is 18.0. The average Bonchev–Trinajstić information content (AvgIpc) is 3.25. The van der Waals surface area contributed by atoms with E-state index < -0.39 is 0 Å². The lowest BCUT2D eigenvalue weighted by Crippen LogP contribution is -2.61. The van der Waals surface area contributed by atoms with E-state index in [9.17, 15) is 5.26 Å². The fourth-order valence-electron chi connectivity index (χ4n) is 6.67. The molecule has 1 aliphatic heterocycles. The van der Waals surface area contributed by atoms with Crippen LogP contribution in [0.4, 0.5) is 0 Å². The number of benzene rings is 1. The highest BCUT2D eigenvalue weighted by atomic mass is 15.4. The van der Waals surface area contributed by atoms with Crippen LogP contribution in [0.2, 0.25) is 0 Å². The molecule has 1 unspecified atom stereocenters.